The number of benzene rings is 1. The number of hydrogen-bond donors (Lipinski definition) is 1. The SMILES string of the molecule is OC(CN1CCn2c(nnc2C2CC2)C1)c1cc(F)ccc1F. The van der Waals surface area contributed by atoms with E-state index in [9.17, 15) is 13.9 Å². The first-order valence-corrected chi connectivity index (χ1v) is 7.89. The number of aliphatic hydroxyl groups is 1. The molecular weight excluding hydrogens is 302 g/mol. The van der Waals surface area contributed by atoms with Gasteiger partial charge >= 0.3 is 0 Å². The zero-order chi connectivity index (χ0) is 16.0. The molecule has 1 fully saturated rings. The van der Waals surface area contributed by atoms with Crippen LogP contribution in [0.15, 0.2) is 18.2 Å². The minimum Gasteiger partial charge on any atom is -0.387 e. The van der Waals surface area contributed by atoms with Crippen LogP contribution < -0.4 is 0 Å². The molecule has 1 saturated carbocycles. The maximum atomic E-state index is 13.7. The number of hydrogen-bond acceptors (Lipinski definition) is 4. The summed E-state index contributed by atoms with van der Waals surface area (Å²) in [4.78, 5) is 2.00. The van der Waals surface area contributed by atoms with Gasteiger partial charge in [0.1, 0.15) is 23.3 Å². The molecule has 1 N–H and O–H groups in total. The molecule has 1 aromatic heterocycles. The van der Waals surface area contributed by atoms with Gasteiger partial charge in [0.25, 0.3) is 0 Å². The summed E-state index contributed by atoms with van der Waals surface area (Å²) >= 11 is 0. The van der Waals surface area contributed by atoms with Crippen molar-refractivity contribution in [1.29, 1.82) is 0 Å². The number of rotatable bonds is 4. The van der Waals surface area contributed by atoms with Gasteiger partial charge in [-0.25, -0.2) is 8.78 Å². The Morgan fingerprint density at radius 3 is 2.83 bits per heavy atom. The number of halogens is 2. The number of fused-ring (bicyclic) bond motifs is 1. The lowest BCUT2D eigenvalue weighted by Crippen LogP contribution is -2.37. The highest BCUT2D eigenvalue weighted by Gasteiger charge is 2.32. The molecule has 1 aromatic carbocycles. The zero-order valence-electron chi connectivity index (χ0n) is 12.6. The molecule has 0 radical (unpaired) electrons. The molecule has 23 heavy (non-hydrogen) atoms. The van der Waals surface area contributed by atoms with Crippen LogP contribution >= 0.6 is 0 Å². The molecule has 2 aliphatic rings. The largest absolute Gasteiger partial charge is 0.387 e. The molecule has 2 heterocycles. The van der Waals surface area contributed by atoms with Crippen molar-refractivity contribution in [2.24, 2.45) is 0 Å². The standard InChI is InChI=1S/C16H18F2N4O/c17-11-3-4-13(18)12(7-11)14(23)8-21-5-6-22-15(9-21)19-20-16(22)10-1-2-10/h3-4,7,10,14,23H,1-2,5-6,8-9H2. The van der Waals surface area contributed by atoms with Gasteiger partial charge in [0.05, 0.1) is 12.6 Å². The van der Waals surface area contributed by atoms with Crippen LogP contribution in [0.5, 0.6) is 0 Å². The molecule has 4 rings (SSSR count). The first-order chi connectivity index (χ1) is 11.1. The molecule has 2 aromatic rings. The Labute approximate surface area is 132 Å². The second kappa shape index (κ2) is 5.65. The number of aromatic nitrogens is 3. The van der Waals surface area contributed by atoms with Crippen molar-refractivity contribution < 1.29 is 13.9 Å². The van der Waals surface area contributed by atoms with Gasteiger partial charge in [-0.15, -0.1) is 10.2 Å². The van der Waals surface area contributed by atoms with Crippen molar-refractivity contribution in [3.05, 3.63) is 47.0 Å². The second-order valence-corrected chi connectivity index (χ2v) is 6.32. The smallest absolute Gasteiger partial charge is 0.147 e. The predicted molar refractivity (Wildman–Crippen MR) is 78.6 cm³/mol. The Bertz CT molecular complexity index is 729. The van der Waals surface area contributed by atoms with Crippen LogP contribution in [0.3, 0.4) is 0 Å². The van der Waals surface area contributed by atoms with E-state index in [1.807, 2.05) is 4.90 Å². The van der Waals surface area contributed by atoms with E-state index in [2.05, 4.69) is 14.8 Å². The minimum absolute atomic E-state index is 0.00397. The summed E-state index contributed by atoms with van der Waals surface area (Å²) in [5.74, 6) is 1.36. The van der Waals surface area contributed by atoms with Crippen LogP contribution in [-0.4, -0.2) is 37.9 Å². The van der Waals surface area contributed by atoms with Gasteiger partial charge in [-0.1, -0.05) is 0 Å². The molecule has 0 saturated heterocycles. The molecule has 0 spiro atoms. The van der Waals surface area contributed by atoms with Crippen LogP contribution in [0.4, 0.5) is 8.78 Å². The zero-order valence-corrected chi connectivity index (χ0v) is 12.6. The third kappa shape index (κ3) is 2.86. The van der Waals surface area contributed by atoms with Crippen molar-refractivity contribution in [3.63, 3.8) is 0 Å². The molecule has 7 heteroatoms. The summed E-state index contributed by atoms with van der Waals surface area (Å²) in [5.41, 5.74) is -0.00397. The summed E-state index contributed by atoms with van der Waals surface area (Å²) in [7, 11) is 0. The van der Waals surface area contributed by atoms with Crippen LogP contribution in [0.1, 0.15) is 42.1 Å². The molecule has 0 amide bonds. The average Bonchev–Trinajstić information content (AvgIpc) is 3.29. The van der Waals surface area contributed by atoms with Gasteiger partial charge in [0, 0.05) is 31.1 Å². The van der Waals surface area contributed by atoms with Crippen molar-refractivity contribution in [2.45, 2.75) is 38.0 Å². The molecule has 0 bridgehead atoms. The fourth-order valence-corrected chi connectivity index (χ4v) is 3.14. The Morgan fingerprint density at radius 2 is 2.04 bits per heavy atom. The molecule has 1 atom stereocenters. The van der Waals surface area contributed by atoms with Crippen LogP contribution in [0.2, 0.25) is 0 Å². The Hall–Kier alpha value is -1.86. The third-order valence-corrected chi connectivity index (χ3v) is 4.55. The summed E-state index contributed by atoms with van der Waals surface area (Å²) < 4.78 is 29.2. The van der Waals surface area contributed by atoms with Crippen molar-refractivity contribution >= 4 is 0 Å². The summed E-state index contributed by atoms with van der Waals surface area (Å²) in [6, 6.07) is 3.15. The number of aliphatic hydroxyl groups excluding tert-OH is 1. The molecule has 1 aliphatic carbocycles. The van der Waals surface area contributed by atoms with Gasteiger partial charge in [0.2, 0.25) is 0 Å². The highest BCUT2D eigenvalue weighted by Crippen LogP contribution is 2.39. The average molecular weight is 320 g/mol. The van der Waals surface area contributed by atoms with E-state index in [0.29, 0.717) is 12.5 Å². The lowest BCUT2D eigenvalue weighted by Gasteiger charge is -2.29. The lowest BCUT2D eigenvalue weighted by molar-refractivity contribution is 0.0931. The Morgan fingerprint density at radius 1 is 1.22 bits per heavy atom. The van der Waals surface area contributed by atoms with Crippen LogP contribution in [-0.2, 0) is 13.1 Å². The van der Waals surface area contributed by atoms with E-state index in [-0.39, 0.29) is 12.1 Å². The monoisotopic (exact) mass is 320 g/mol. The third-order valence-electron chi connectivity index (χ3n) is 4.55. The van der Waals surface area contributed by atoms with Gasteiger partial charge < -0.3 is 9.67 Å². The summed E-state index contributed by atoms with van der Waals surface area (Å²) in [6.07, 6.45) is 1.29. The van der Waals surface area contributed by atoms with E-state index in [4.69, 9.17) is 0 Å². The van der Waals surface area contributed by atoms with Gasteiger partial charge in [-0.3, -0.25) is 4.90 Å². The van der Waals surface area contributed by atoms with E-state index >= 15 is 0 Å². The Kier molecular flexibility index (Phi) is 3.61. The van der Waals surface area contributed by atoms with E-state index in [1.165, 1.54) is 12.8 Å². The Balaban J connectivity index is 1.46. The molecule has 1 aliphatic heterocycles. The molecule has 122 valence electrons. The first-order valence-electron chi connectivity index (χ1n) is 7.89. The van der Waals surface area contributed by atoms with Gasteiger partial charge in [-0.2, -0.15) is 0 Å². The van der Waals surface area contributed by atoms with Crippen LogP contribution in [0.25, 0.3) is 0 Å². The normalized spacial score (nSPS) is 19.6. The van der Waals surface area contributed by atoms with Gasteiger partial charge in [-0.05, 0) is 31.0 Å². The lowest BCUT2D eigenvalue weighted by atomic mass is 10.1. The minimum atomic E-state index is -1.07. The predicted octanol–water partition coefficient (Wildman–Crippen LogP) is 1.98. The summed E-state index contributed by atoms with van der Waals surface area (Å²) in [5, 5.41) is 18.7. The quantitative estimate of drug-likeness (QED) is 0.936. The number of nitrogens with zero attached hydrogens (tertiary/aromatic N) is 4. The maximum absolute atomic E-state index is 13.7. The number of β-amino-alcohol motifs (C(OH)–C–C–N with tert-alkyl or cyclic N) is 1. The maximum Gasteiger partial charge on any atom is 0.147 e. The van der Waals surface area contributed by atoms with E-state index in [1.54, 1.807) is 0 Å². The molecular formula is C16H18F2N4O. The topological polar surface area (TPSA) is 54.2 Å². The van der Waals surface area contributed by atoms with E-state index in [0.717, 1.165) is 42.9 Å². The second-order valence-electron chi connectivity index (χ2n) is 6.32. The van der Waals surface area contributed by atoms with E-state index < -0.39 is 17.7 Å². The van der Waals surface area contributed by atoms with Gasteiger partial charge in [0.15, 0.2) is 0 Å². The van der Waals surface area contributed by atoms with Crippen molar-refractivity contribution in [1.82, 2.24) is 19.7 Å². The van der Waals surface area contributed by atoms with Crippen molar-refractivity contribution in [2.75, 3.05) is 13.1 Å². The molecule has 5 nitrogen and oxygen atoms in total. The van der Waals surface area contributed by atoms with Crippen molar-refractivity contribution in [3.8, 4) is 0 Å². The molecule has 1 unspecified atom stereocenters. The highest BCUT2D eigenvalue weighted by atomic mass is 19.1. The van der Waals surface area contributed by atoms with Crippen LogP contribution in [0, 0.1) is 11.6 Å². The fourth-order valence-electron chi connectivity index (χ4n) is 3.14. The fraction of sp³-hybridized carbons (Fsp3) is 0.500. The highest BCUT2D eigenvalue weighted by molar-refractivity contribution is 5.21. The first kappa shape index (κ1) is 14.7. The summed E-state index contributed by atoms with van der Waals surface area (Å²) in [6.45, 7) is 2.31.